The Kier molecular flexibility index (Phi) is 3.91. The molecule has 1 atom stereocenters. The monoisotopic (exact) mass is 260 g/mol. The second-order valence-corrected chi connectivity index (χ2v) is 4.20. The Balaban J connectivity index is 2.29. The lowest BCUT2D eigenvalue weighted by atomic mass is 10.1. The van der Waals surface area contributed by atoms with E-state index in [0.29, 0.717) is 29.4 Å². The van der Waals surface area contributed by atoms with Crippen LogP contribution in [-0.2, 0) is 4.79 Å². The number of aryl methyl sites for hydroxylation is 1. The summed E-state index contributed by atoms with van der Waals surface area (Å²) in [5.74, 6) is 0.686. The molecule has 0 aliphatic carbocycles. The Bertz CT molecular complexity index is 580. The van der Waals surface area contributed by atoms with Gasteiger partial charge in [0.15, 0.2) is 5.82 Å². The number of anilines is 1. The molecule has 1 amide bonds. The molecule has 0 aliphatic rings. The van der Waals surface area contributed by atoms with Gasteiger partial charge in [0.25, 0.3) is 5.89 Å². The van der Waals surface area contributed by atoms with E-state index in [1.54, 1.807) is 19.1 Å². The van der Waals surface area contributed by atoms with Crippen molar-refractivity contribution in [3.8, 4) is 11.5 Å². The van der Waals surface area contributed by atoms with Crippen LogP contribution >= 0.6 is 0 Å². The van der Waals surface area contributed by atoms with E-state index in [4.69, 9.17) is 10.3 Å². The predicted molar refractivity (Wildman–Crippen MR) is 71.4 cm³/mol. The zero-order chi connectivity index (χ0) is 13.8. The molecule has 0 radical (unpaired) electrons. The molecule has 0 unspecified atom stereocenters. The molecule has 0 aliphatic heterocycles. The molecule has 0 fully saturated rings. The van der Waals surface area contributed by atoms with Crippen LogP contribution in [0, 0.1) is 6.92 Å². The minimum absolute atomic E-state index is 0.230. The predicted octanol–water partition coefficient (Wildman–Crippen LogP) is 1.72. The van der Waals surface area contributed by atoms with E-state index >= 15 is 0 Å². The highest BCUT2D eigenvalue weighted by atomic mass is 16.5. The normalized spacial score (nSPS) is 12.2. The molecule has 100 valence electrons. The maximum atomic E-state index is 11.8. The van der Waals surface area contributed by atoms with Gasteiger partial charge in [-0.1, -0.05) is 24.2 Å². The SMILES string of the molecule is CC[C@H](N)C(=O)Nc1ccccc1-c1nc(C)no1. The second kappa shape index (κ2) is 5.62. The average molecular weight is 260 g/mol. The number of nitrogens with one attached hydrogen (secondary N) is 1. The number of aromatic nitrogens is 2. The molecule has 2 aromatic rings. The smallest absolute Gasteiger partial charge is 0.260 e. The van der Waals surface area contributed by atoms with Crippen LogP contribution in [0.25, 0.3) is 11.5 Å². The molecule has 0 saturated heterocycles. The highest BCUT2D eigenvalue weighted by Crippen LogP contribution is 2.26. The minimum atomic E-state index is -0.530. The van der Waals surface area contributed by atoms with E-state index in [2.05, 4.69) is 15.5 Å². The highest BCUT2D eigenvalue weighted by molar-refractivity contribution is 5.97. The molecule has 1 heterocycles. The largest absolute Gasteiger partial charge is 0.334 e. The van der Waals surface area contributed by atoms with Crippen molar-refractivity contribution in [1.29, 1.82) is 0 Å². The molecular formula is C13H16N4O2. The van der Waals surface area contributed by atoms with Crippen LogP contribution in [-0.4, -0.2) is 22.1 Å². The first-order valence-electron chi connectivity index (χ1n) is 6.08. The van der Waals surface area contributed by atoms with Crippen molar-refractivity contribution in [2.24, 2.45) is 5.73 Å². The average Bonchev–Trinajstić information content (AvgIpc) is 2.85. The van der Waals surface area contributed by atoms with Gasteiger partial charge in [0.2, 0.25) is 5.91 Å². The van der Waals surface area contributed by atoms with Crippen molar-refractivity contribution in [1.82, 2.24) is 10.1 Å². The summed E-state index contributed by atoms with van der Waals surface area (Å²) in [5.41, 5.74) is 6.99. The molecule has 1 aromatic heterocycles. The fourth-order valence-electron chi connectivity index (χ4n) is 1.60. The van der Waals surface area contributed by atoms with Crippen molar-refractivity contribution < 1.29 is 9.32 Å². The van der Waals surface area contributed by atoms with Crippen molar-refractivity contribution in [2.45, 2.75) is 26.3 Å². The first kappa shape index (κ1) is 13.2. The molecule has 6 heteroatoms. The van der Waals surface area contributed by atoms with Crippen LogP contribution < -0.4 is 11.1 Å². The zero-order valence-corrected chi connectivity index (χ0v) is 10.9. The topological polar surface area (TPSA) is 94.0 Å². The number of benzene rings is 1. The summed E-state index contributed by atoms with van der Waals surface area (Å²) in [6, 6.07) is 6.71. The Labute approximate surface area is 111 Å². The number of nitrogens with zero attached hydrogens (tertiary/aromatic N) is 2. The molecule has 19 heavy (non-hydrogen) atoms. The summed E-state index contributed by atoms with van der Waals surface area (Å²) in [4.78, 5) is 16.0. The molecule has 0 spiro atoms. The van der Waals surface area contributed by atoms with Gasteiger partial charge in [0.1, 0.15) is 0 Å². The van der Waals surface area contributed by atoms with Gasteiger partial charge in [-0.15, -0.1) is 0 Å². The number of rotatable bonds is 4. The number of para-hydroxylation sites is 1. The summed E-state index contributed by atoms with van der Waals surface area (Å²) in [6.07, 6.45) is 0.577. The summed E-state index contributed by atoms with van der Waals surface area (Å²) in [6.45, 7) is 3.60. The van der Waals surface area contributed by atoms with E-state index in [0.717, 1.165) is 0 Å². The second-order valence-electron chi connectivity index (χ2n) is 4.20. The van der Waals surface area contributed by atoms with Gasteiger partial charge in [-0.3, -0.25) is 4.79 Å². The minimum Gasteiger partial charge on any atom is -0.334 e. The third kappa shape index (κ3) is 2.97. The van der Waals surface area contributed by atoms with Gasteiger partial charge in [-0.25, -0.2) is 0 Å². The summed E-state index contributed by atoms with van der Waals surface area (Å²) in [7, 11) is 0. The van der Waals surface area contributed by atoms with Crippen molar-refractivity contribution >= 4 is 11.6 Å². The number of carbonyl (C=O) groups excluding carboxylic acids is 1. The van der Waals surface area contributed by atoms with Gasteiger partial charge in [-0.2, -0.15) is 4.98 Å². The number of nitrogens with two attached hydrogens (primary N) is 1. The number of hydrogen-bond donors (Lipinski definition) is 2. The maximum absolute atomic E-state index is 11.8. The van der Waals surface area contributed by atoms with E-state index in [1.807, 2.05) is 19.1 Å². The summed E-state index contributed by atoms with van der Waals surface area (Å²) in [5, 5.41) is 6.52. The van der Waals surface area contributed by atoms with E-state index < -0.39 is 6.04 Å². The lowest BCUT2D eigenvalue weighted by Gasteiger charge is -2.11. The van der Waals surface area contributed by atoms with Crippen molar-refractivity contribution in [3.05, 3.63) is 30.1 Å². The fraction of sp³-hybridized carbons (Fsp3) is 0.308. The summed E-state index contributed by atoms with van der Waals surface area (Å²) >= 11 is 0. The number of carbonyl (C=O) groups is 1. The van der Waals surface area contributed by atoms with Crippen LogP contribution in [0.3, 0.4) is 0 Å². The lowest BCUT2D eigenvalue weighted by Crippen LogP contribution is -2.34. The van der Waals surface area contributed by atoms with Crippen molar-refractivity contribution in [3.63, 3.8) is 0 Å². The standard InChI is InChI=1S/C13H16N4O2/c1-3-10(14)12(18)16-11-7-5-4-6-9(11)13-15-8(2)17-19-13/h4-7,10H,3,14H2,1-2H3,(H,16,18)/t10-/m0/s1. The van der Waals surface area contributed by atoms with E-state index in [1.165, 1.54) is 0 Å². The van der Waals surface area contributed by atoms with Crippen LogP contribution in [0.5, 0.6) is 0 Å². The van der Waals surface area contributed by atoms with E-state index in [-0.39, 0.29) is 5.91 Å². The zero-order valence-electron chi connectivity index (χ0n) is 10.9. The maximum Gasteiger partial charge on any atom is 0.260 e. The van der Waals surface area contributed by atoms with Gasteiger partial charge in [0.05, 0.1) is 17.3 Å². The number of hydrogen-bond acceptors (Lipinski definition) is 5. The van der Waals surface area contributed by atoms with E-state index in [9.17, 15) is 4.79 Å². The highest BCUT2D eigenvalue weighted by Gasteiger charge is 2.16. The molecule has 0 saturated carbocycles. The molecule has 2 rings (SSSR count). The number of amides is 1. The molecule has 3 N–H and O–H groups in total. The molecule has 1 aromatic carbocycles. The first-order valence-corrected chi connectivity index (χ1v) is 6.08. The Morgan fingerprint density at radius 3 is 2.84 bits per heavy atom. The van der Waals surface area contributed by atoms with Crippen molar-refractivity contribution in [2.75, 3.05) is 5.32 Å². The van der Waals surface area contributed by atoms with Gasteiger partial charge < -0.3 is 15.6 Å². The van der Waals surface area contributed by atoms with Gasteiger partial charge >= 0.3 is 0 Å². The summed E-state index contributed by atoms with van der Waals surface area (Å²) < 4.78 is 5.12. The third-order valence-corrected chi connectivity index (χ3v) is 2.72. The molecular weight excluding hydrogens is 244 g/mol. The molecule has 0 bridgehead atoms. The van der Waals surface area contributed by atoms with Crippen LogP contribution in [0.1, 0.15) is 19.2 Å². The first-order chi connectivity index (χ1) is 9.11. The third-order valence-electron chi connectivity index (χ3n) is 2.72. The fourth-order valence-corrected chi connectivity index (χ4v) is 1.60. The quantitative estimate of drug-likeness (QED) is 0.872. The Morgan fingerprint density at radius 1 is 1.47 bits per heavy atom. The Hall–Kier alpha value is -2.21. The van der Waals surface area contributed by atoms with Crippen LogP contribution in [0.2, 0.25) is 0 Å². The van der Waals surface area contributed by atoms with Gasteiger partial charge in [0, 0.05) is 0 Å². The van der Waals surface area contributed by atoms with Crippen LogP contribution in [0.4, 0.5) is 5.69 Å². The lowest BCUT2D eigenvalue weighted by molar-refractivity contribution is -0.117. The Morgan fingerprint density at radius 2 is 2.21 bits per heavy atom. The van der Waals surface area contributed by atoms with Gasteiger partial charge in [-0.05, 0) is 25.5 Å². The molecule has 6 nitrogen and oxygen atoms in total. The van der Waals surface area contributed by atoms with Crippen LogP contribution in [0.15, 0.2) is 28.8 Å².